The smallest absolute Gasteiger partial charge is 0.249 e. The number of fused-ring (bicyclic) bond motifs is 2. The number of anilines is 1. The van der Waals surface area contributed by atoms with Gasteiger partial charge in [-0.25, -0.2) is 9.37 Å². The number of thioether (sulfide) groups is 1. The van der Waals surface area contributed by atoms with Crippen LogP contribution in [0, 0.1) is 5.82 Å². The molecule has 23 heavy (non-hydrogen) atoms. The van der Waals surface area contributed by atoms with Crippen LogP contribution in [-0.2, 0) is 9.59 Å². The van der Waals surface area contributed by atoms with E-state index >= 15 is 0 Å². The Balaban J connectivity index is 1.56. The van der Waals surface area contributed by atoms with Crippen LogP contribution in [0.25, 0.3) is 10.2 Å². The van der Waals surface area contributed by atoms with Crippen LogP contribution in [0.4, 0.5) is 9.52 Å². The molecule has 1 aromatic heterocycles. The third kappa shape index (κ3) is 2.40. The molecule has 2 aromatic rings. The van der Waals surface area contributed by atoms with Crippen LogP contribution in [-0.4, -0.2) is 38.4 Å². The number of thiazole rings is 1. The molecule has 4 rings (SSSR count). The standard InChI is InChI=1S/C15H14FN3O2S2/c1-15-5-4-12(20)19(15)10(7-22-15)13(21)18-14-17-9-3-2-8(16)6-11(9)23-14/h2-3,6,10H,4-5,7H2,1H3,(H,17,18,21)/t10-,15-/m1/s1. The molecular weight excluding hydrogens is 337 g/mol. The van der Waals surface area contributed by atoms with Crippen LogP contribution in [0.5, 0.6) is 0 Å². The largest absolute Gasteiger partial charge is 0.315 e. The van der Waals surface area contributed by atoms with Gasteiger partial charge in [0.25, 0.3) is 0 Å². The molecule has 2 aliphatic heterocycles. The average molecular weight is 351 g/mol. The van der Waals surface area contributed by atoms with Crippen molar-refractivity contribution in [2.24, 2.45) is 0 Å². The number of halogens is 1. The van der Waals surface area contributed by atoms with Gasteiger partial charge in [-0.05, 0) is 31.5 Å². The number of rotatable bonds is 2. The minimum atomic E-state index is -0.469. The number of hydrogen-bond donors (Lipinski definition) is 1. The first-order chi connectivity index (χ1) is 11.0. The van der Waals surface area contributed by atoms with Gasteiger partial charge in [0, 0.05) is 12.2 Å². The molecule has 2 atom stereocenters. The predicted octanol–water partition coefficient (Wildman–Crippen LogP) is 2.83. The van der Waals surface area contributed by atoms with Gasteiger partial charge in [-0.1, -0.05) is 11.3 Å². The van der Waals surface area contributed by atoms with E-state index in [1.165, 1.54) is 23.5 Å². The monoisotopic (exact) mass is 351 g/mol. The number of nitrogens with zero attached hydrogens (tertiary/aromatic N) is 2. The average Bonchev–Trinajstić information content (AvgIpc) is 3.12. The number of nitrogens with one attached hydrogen (secondary N) is 1. The fourth-order valence-electron chi connectivity index (χ4n) is 3.16. The van der Waals surface area contributed by atoms with Gasteiger partial charge in [-0.3, -0.25) is 9.59 Å². The summed E-state index contributed by atoms with van der Waals surface area (Å²) in [6, 6.07) is 3.86. The molecule has 1 N–H and O–H groups in total. The minimum absolute atomic E-state index is 0.0315. The fraction of sp³-hybridized carbons (Fsp3) is 0.400. The number of carbonyl (C=O) groups is 2. The number of carbonyl (C=O) groups excluding carboxylic acids is 2. The summed E-state index contributed by atoms with van der Waals surface area (Å²) in [5, 5.41) is 3.21. The van der Waals surface area contributed by atoms with Crippen LogP contribution >= 0.6 is 23.1 Å². The molecule has 3 heterocycles. The van der Waals surface area contributed by atoms with Crippen molar-refractivity contribution >= 4 is 50.3 Å². The molecule has 2 saturated heterocycles. The molecule has 0 bridgehead atoms. The van der Waals surface area contributed by atoms with Gasteiger partial charge in [0.2, 0.25) is 11.8 Å². The molecular formula is C15H14FN3O2S2. The maximum absolute atomic E-state index is 13.2. The number of hydrogen-bond acceptors (Lipinski definition) is 5. The first-order valence-electron chi connectivity index (χ1n) is 7.29. The SMILES string of the molecule is C[C@@]12CCC(=O)N1[C@@H](C(=O)Nc1nc3ccc(F)cc3s1)CS2. The normalized spacial score (nSPS) is 26.8. The molecule has 1 aromatic carbocycles. The summed E-state index contributed by atoms with van der Waals surface area (Å²) in [4.78, 5) is 30.4. The second-order valence-corrected chi connectivity index (χ2v) is 8.42. The van der Waals surface area contributed by atoms with Crippen molar-refractivity contribution in [3.05, 3.63) is 24.0 Å². The first-order valence-corrected chi connectivity index (χ1v) is 9.10. The topological polar surface area (TPSA) is 62.3 Å². The maximum atomic E-state index is 13.2. The molecule has 120 valence electrons. The molecule has 2 aliphatic rings. The van der Waals surface area contributed by atoms with Crippen LogP contribution in [0.15, 0.2) is 18.2 Å². The van der Waals surface area contributed by atoms with E-state index in [0.717, 1.165) is 6.42 Å². The Hall–Kier alpha value is -1.67. The van der Waals surface area contributed by atoms with Crippen molar-refractivity contribution in [2.45, 2.75) is 30.7 Å². The lowest BCUT2D eigenvalue weighted by molar-refractivity contribution is -0.135. The van der Waals surface area contributed by atoms with E-state index in [4.69, 9.17) is 0 Å². The van der Waals surface area contributed by atoms with Crippen molar-refractivity contribution < 1.29 is 14.0 Å². The lowest BCUT2D eigenvalue weighted by Crippen LogP contribution is -2.48. The van der Waals surface area contributed by atoms with Gasteiger partial charge in [0.05, 0.1) is 15.1 Å². The summed E-state index contributed by atoms with van der Waals surface area (Å²) < 4.78 is 13.9. The lowest BCUT2D eigenvalue weighted by atomic mass is 10.2. The van der Waals surface area contributed by atoms with E-state index < -0.39 is 6.04 Å². The Kier molecular flexibility index (Phi) is 3.35. The predicted molar refractivity (Wildman–Crippen MR) is 88.9 cm³/mol. The zero-order valence-electron chi connectivity index (χ0n) is 12.3. The molecule has 0 aliphatic carbocycles. The minimum Gasteiger partial charge on any atom is -0.315 e. The summed E-state index contributed by atoms with van der Waals surface area (Å²) in [6.07, 6.45) is 1.27. The molecule has 0 spiro atoms. The van der Waals surface area contributed by atoms with Crippen LogP contribution in [0.2, 0.25) is 0 Å². The van der Waals surface area contributed by atoms with Crippen molar-refractivity contribution in [2.75, 3.05) is 11.1 Å². The van der Waals surface area contributed by atoms with Crippen LogP contribution in [0.1, 0.15) is 19.8 Å². The van der Waals surface area contributed by atoms with Crippen molar-refractivity contribution in [3.8, 4) is 0 Å². The molecule has 8 heteroatoms. The summed E-state index contributed by atoms with van der Waals surface area (Å²) in [5.74, 6) is 0.0674. The summed E-state index contributed by atoms with van der Waals surface area (Å²) >= 11 is 2.88. The van der Waals surface area contributed by atoms with Gasteiger partial charge < -0.3 is 10.2 Å². The fourth-order valence-corrected chi connectivity index (χ4v) is 5.48. The van der Waals surface area contributed by atoms with E-state index in [0.29, 0.717) is 27.5 Å². The number of amides is 2. The highest BCUT2D eigenvalue weighted by atomic mass is 32.2. The lowest BCUT2D eigenvalue weighted by Gasteiger charge is -2.29. The highest BCUT2D eigenvalue weighted by molar-refractivity contribution is 8.01. The second kappa shape index (κ2) is 5.17. The van der Waals surface area contributed by atoms with Crippen molar-refractivity contribution in [1.29, 1.82) is 0 Å². The Labute approximate surface area is 140 Å². The van der Waals surface area contributed by atoms with E-state index in [2.05, 4.69) is 10.3 Å². The molecule has 0 saturated carbocycles. The molecule has 2 amide bonds. The number of benzene rings is 1. The summed E-state index contributed by atoms with van der Waals surface area (Å²) in [7, 11) is 0. The first kappa shape index (κ1) is 14.9. The zero-order chi connectivity index (χ0) is 16.2. The van der Waals surface area contributed by atoms with Gasteiger partial charge >= 0.3 is 0 Å². The van der Waals surface area contributed by atoms with E-state index in [-0.39, 0.29) is 22.5 Å². The summed E-state index contributed by atoms with van der Waals surface area (Å²) in [5.41, 5.74) is 0.648. The Morgan fingerprint density at radius 3 is 3.17 bits per heavy atom. The Morgan fingerprint density at radius 1 is 1.52 bits per heavy atom. The van der Waals surface area contributed by atoms with Crippen LogP contribution in [0.3, 0.4) is 0 Å². The van der Waals surface area contributed by atoms with Gasteiger partial charge in [0.15, 0.2) is 5.13 Å². The third-order valence-corrected chi connectivity index (χ3v) is 6.77. The summed E-state index contributed by atoms with van der Waals surface area (Å²) in [6.45, 7) is 2.01. The molecule has 2 fully saturated rings. The van der Waals surface area contributed by atoms with E-state index in [9.17, 15) is 14.0 Å². The quantitative estimate of drug-likeness (QED) is 0.904. The molecule has 0 radical (unpaired) electrons. The van der Waals surface area contributed by atoms with Gasteiger partial charge in [-0.2, -0.15) is 0 Å². The van der Waals surface area contributed by atoms with Crippen molar-refractivity contribution in [3.63, 3.8) is 0 Å². The zero-order valence-corrected chi connectivity index (χ0v) is 14.0. The highest BCUT2D eigenvalue weighted by Crippen LogP contribution is 2.47. The van der Waals surface area contributed by atoms with E-state index in [1.54, 1.807) is 22.7 Å². The van der Waals surface area contributed by atoms with E-state index in [1.807, 2.05) is 6.92 Å². The Morgan fingerprint density at radius 2 is 2.35 bits per heavy atom. The van der Waals surface area contributed by atoms with Gasteiger partial charge in [0.1, 0.15) is 11.9 Å². The van der Waals surface area contributed by atoms with Crippen molar-refractivity contribution in [1.82, 2.24) is 9.88 Å². The number of aromatic nitrogens is 1. The molecule has 5 nitrogen and oxygen atoms in total. The third-order valence-electron chi connectivity index (χ3n) is 4.33. The Bertz CT molecular complexity index is 824. The van der Waals surface area contributed by atoms with Crippen LogP contribution < -0.4 is 5.32 Å². The van der Waals surface area contributed by atoms with Gasteiger partial charge in [-0.15, -0.1) is 11.8 Å². The molecule has 0 unspecified atom stereocenters. The highest BCUT2D eigenvalue weighted by Gasteiger charge is 2.52. The second-order valence-electron chi connectivity index (χ2n) is 5.89. The maximum Gasteiger partial charge on any atom is 0.249 e.